The summed E-state index contributed by atoms with van der Waals surface area (Å²) in [6.07, 6.45) is 0. The van der Waals surface area contributed by atoms with Crippen LogP contribution in [0.15, 0.2) is 94.2 Å². The molecule has 0 aliphatic rings. The first-order valence-electron chi connectivity index (χ1n) is 8.20. The van der Waals surface area contributed by atoms with E-state index in [-0.39, 0.29) is 5.82 Å². The van der Waals surface area contributed by atoms with Crippen LogP contribution < -0.4 is 5.43 Å². The van der Waals surface area contributed by atoms with E-state index in [1.54, 1.807) is 12.1 Å². The lowest BCUT2D eigenvalue weighted by Crippen LogP contribution is -2.01. The number of thiazole rings is 1. The number of hydrogen-bond acceptors (Lipinski definition) is 5. The van der Waals surface area contributed by atoms with Crippen LogP contribution in [0.5, 0.6) is 0 Å². The Balaban J connectivity index is 1.63. The van der Waals surface area contributed by atoms with Gasteiger partial charge in [0, 0.05) is 5.56 Å². The molecule has 7 heteroatoms. The molecule has 0 atom stereocenters. The SMILES string of the molecule is Fc1ccc(NN=C(N=Nc2nc3ccccc3s2)c2ccccc2)cc1. The molecule has 1 heterocycles. The lowest BCUT2D eigenvalue weighted by Gasteiger charge is -2.03. The maximum Gasteiger partial charge on any atom is 0.231 e. The average molecular weight is 375 g/mol. The molecule has 27 heavy (non-hydrogen) atoms. The van der Waals surface area contributed by atoms with Crippen molar-refractivity contribution in [1.29, 1.82) is 0 Å². The average Bonchev–Trinajstić information content (AvgIpc) is 3.13. The third kappa shape index (κ3) is 4.21. The van der Waals surface area contributed by atoms with Crippen LogP contribution in [-0.4, -0.2) is 10.8 Å². The Morgan fingerprint density at radius 2 is 1.63 bits per heavy atom. The molecular formula is C20H14FN5S. The fourth-order valence-electron chi connectivity index (χ4n) is 2.37. The van der Waals surface area contributed by atoms with E-state index >= 15 is 0 Å². The number of rotatable bonds is 4. The zero-order chi connectivity index (χ0) is 18.5. The monoisotopic (exact) mass is 375 g/mol. The van der Waals surface area contributed by atoms with E-state index in [9.17, 15) is 4.39 Å². The number of hydrogen-bond donors (Lipinski definition) is 1. The van der Waals surface area contributed by atoms with Gasteiger partial charge in [0.1, 0.15) is 5.82 Å². The molecule has 0 radical (unpaired) electrons. The number of aromatic nitrogens is 1. The molecule has 0 saturated carbocycles. The first kappa shape index (κ1) is 17.0. The van der Waals surface area contributed by atoms with Crippen LogP contribution >= 0.6 is 11.3 Å². The summed E-state index contributed by atoms with van der Waals surface area (Å²) in [5.74, 6) is 0.0996. The Kier molecular flexibility index (Phi) is 4.93. The van der Waals surface area contributed by atoms with E-state index in [4.69, 9.17) is 0 Å². The summed E-state index contributed by atoms with van der Waals surface area (Å²) in [4.78, 5) is 4.45. The molecule has 0 bridgehead atoms. The van der Waals surface area contributed by atoms with Gasteiger partial charge >= 0.3 is 0 Å². The minimum absolute atomic E-state index is 0.302. The summed E-state index contributed by atoms with van der Waals surface area (Å²) in [5.41, 5.74) is 5.23. The number of hydrazone groups is 1. The van der Waals surface area contributed by atoms with Gasteiger partial charge in [0.2, 0.25) is 11.0 Å². The third-order valence-corrected chi connectivity index (χ3v) is 4.60. The third-order valence-electron chi connectivity index (χ3n) is 3.68. The Bertz CT molecular complexity index is 1070. The van der Waals surface area contributed by atoms with Crippen molar-refractivity contribution in [2.75, 3.05) is 5.43 Å². The number of nitrogens with zero attached hydrogens (tertiary/aromatic N) is 4. The maximum absolute atomic E-state index is 13.0. The minimum Gasteiger partial charge on any atom is -0.276 e. The molecule has 5 nitrogen and oxygen atoms in total. The Labute approximate surface area is 158 Å². The zero-order valence-electron chi connectivity index (χ0n) is 14.1. The van der Waals surface area contributed by atoms with Crippen molar-refractivity contribution < 1.29 is 4.39 Å². The zero-order valence-corrected chi connectivity index (χ0v) is 14.9. The quantitative estimate of drug-likeness (QED) is 0.206. The molecule has 3 aromatic carbocycles. The predicted octanol–water partition coefficient (Wildman–Crippen LogP) is 5.99. The predicted molar refractivity (Wildman–Crippen MR) is 107 cm³/mol. The first-order valence-corrected chi connectivity index (χ1v) is 9.01. The molecule has 0 unspecified atom stereocenters. The fourth-order valence-corrected chi connectivity index (χ4v) is 3.15. The summed E-state index contributed by atoms with van der Waals surface area (Å²) in [6, 6.07) is 23.3. The van der Waals surface area contributed by atoms with Crippen molar-refractivity contribution in [1.82, 2.24) is 4.98 Å². The fraction of sp³-hybridized carbons (Fsp3) is 0. The van der Waals surface area contributed by atoms with Crippen molar-refractivity contribution in [3.05, 3.63) is 90.2 Å². The first-order chi connectivity index (χ1) is 13.3. The van der Waals surface area contributed by atoms with Gasteiger partial charge in [0.05, 0.1) is 15.9 Å². The summed E-state index contributed by atoms with van der Waals surface area (Å²) in [5, 5.41) is 13.4. The number of halogens is 1. The number of azo groups is 1. The van der Waals surface area contributed by atoms with Gasteiger partial charge in [-0.3, -0.25) is 5.43 Å². The highest BCUT2D eigenvalue weighted by molar-refractivity contribution is 7.21. The number of para-hydroxylation sites is 1. The summed E-state index contributed by atoms with van der Waals surface area (Å²) >= 11 is 1.46. The number of anilines is 1. The van der Waals surface area contributed by atoms with Crippen molar-refractivity contribution in [2.24, 2.45) is 15.3 Å². The molecule has 0 spiro atoms. The largest absolute Gasteiger partial charge is 0.276 e. The van der Waals surface area contributed by atoms with Gasteiger partial charge in [0.15, 0.2) is 0 Å². The van der Waals surface area contributed by atoms with Gasteiger partial charge in [-0.25, -0.2) is 9.37 Å². The second-order valence-electron chi connectivity index (χ2n) is 5.58. The normalized spacial score (nSPS) is 12.0. The molecule has 0 aliphatic carbocycles. The van der Waals surface area contributed by atoms with E-state index in [2.05, 4.69) is 25.7 Å². The van der Waals surface area contributed by atoms with Crippen molar-refractivity contribution in [3.63, 3.8) is 0 Å². The number of amidine groups is 1. The number of nitrogens with one attached hydrogen (secondary N) is 1. The second kappa shape index (κ2) is 7.84. The van der Waals surface area contributed by atoms with Gasteiger partial charge in [0.25, 0.3) is 0 Å². The van der Waals surface area contributed by atoms with E-state index in [0.29, 0.717) is 16.7 Å². The summed E-state index contributed by atoms with van der Waals surface area (Å²) < 4.78 is 14.1. The van der Waals surface area contributed by atoms with E-state index in [0.717, 1.165) is 15.8 Å². The Morgan fingerprint density at radius 3 is 2.41 bits per heavy atom. The highest BCUT2D eigenvalue weighted by Gasteiger charge is 2.05. The van der Waals surface area contributed by atoms with E-state index < -0.39 is 0 Å². The summed E-state index contributed by atoms with van der Waals surface area (Å²) in [6.45, 7) is 0. The minimum atomic E-state index is -0.302. The molecule has 132 valence electrons. The van der Waals surface area contributed by atoms with Gasteiger partial charge < -0.3 is 0 Å². The molecule has 4 rings (SSSR count). The standard InChI is InChI=1S/C20H14FN5S/c21-15-10-12-16(13-11-15)23-24-19(14-6-2-1-3-7-14)25-26-20-22-17-8-4-5-9-18(17)27-20/h1-13,23H. The van der Waals surface area contributed by atoms with Gasteiger partial charge in [-0.15, -0.1) is 10.2 Å². The van der Waals surface area contributed by atoms with Crippen LogP contribution in [0, 0.1) is 5.82 Å². The molecule has 1 N–H and O–H groups in total. The smallest absolute Gasteiger partial charge is 0.231 e. The Morgan fingerprint density at radius 1 is 0.889 bits per heavy atom. The second-order valence-corrected chi connectivity index (χ2v) is 6.59. The Hall–Kier alpha value is -3.45. The van der Waals surface area contributed by atoms with Crippen LogP contribution in [0.2, 0.25) is 0 Å². The highest BCUT2D eigenvalue weighted by Crippen LogP contribution is 2.28. The number of fused-ring (bicyclic) bond motifs is 1. The van der Waals surface area contributed by atoms with Crippen molar-refractivity contribution in [3.8, 4) is 0 Å². The van der Waals surface area contributed by atoms with Crippen LogP contribution in [0.4, 0.5) is 15.2 Å². The van der Waals surface area contributed by atoms with Gasteiger partial charge in [-0.05, 0) is 36.4 Å². The van der Waals surface area contributed by atoms with Crippen LogP contribution in [0.25, 0.3) is 10.2 Å². The van der Waals surface area contributed by atoms with E-state index in [1.165, 1.54) is 23.5 Å². The highest BCUT2D eigenvalue weighted by atomic mass is 32.1. The molecule has 0 amide bonds. The number of benzene rings is 3. The molecular weight excluding hydrogens is 361 g/mol. The summed E-state index contributed by atoms with van der Waals surface area (Å²) in [7, 11) is 0. The van der Waals surface area contributed by atoms with Crippen LogP contribution in [0.3, 0.4) is 0 Å². The topological polar surface area (TPSA) is 62.0 Å². The van der Waals surface area contributed by atoms with Crippen molar-refractivity contribution in [2.45, 2.75) is 0 Å². The lowest BCUT2D eigenvalue weighted by molar-refractivity contribution is 0.628. The molecule has 0 fully saturated rings. The lowest BCUT2D eigenvalue weighted by atomic mass is 10.2. The molecule has 0 aliphatic heterocycles. The molecule has 1 aromatic heterocycles. The van der Waals surface area contributed by atoms with Crippen LogP contribution in [-0.2, 0) is 0 Å². The van der Waals surface area contributed by atoms with Gasteiger partial charge in [-0.2, -0.15) is 5.10 Å². The molecule has 4 aromatic rings. The maximum atomic E-state index is 13.0. The van der Waals surface area contributed by atoms with Gasteiger partial charge in [-0.1, -0.05) is 53.8 Å². The van der Waals surface area contributed by atoms with E-state index in [1.807, 2.05) is 54.6 Å². The van der Waals surface area contributed by atoms with Crippen LogP contribution in [0.1, 0.15) is 5.56 Å². The molecule has 0 saturated heterocycles. The van der Waals surface area contributed by atoms with Crippen molar-refractivity contribution >= 4 is 38.2 Å².